The van der Waals surface area contributed by atoms with Gasteiger partial charge in [0.05, 0.1) is 4.88 Å². The van der Waals surface area contributed by atoms with Crippen LogP contribution >= 0.6 is 27.3 Å². The molecule has 1 amide bonds. The minimum Gasteiger partial charge on any atom is -0.321 e. The smallest absolute Gasteiger partial charge is 0.266 e. The van der Waals surface area contributed by atoms with Crippen molar-refractivity contribution in [2.45, 2.75) is 27.7 Å². The van der Waals surface area contributed by atoms with Gasteiger partial charge in [-0.05, 0) is 57.0 Å². The number of aromatic nitrogens is 2. The van der Waals surface area contributed by atoms with Gasteiger partial charge in [-0.2, -0.15) is 0 Å². The van der Waals surface area contributed by atoms with Crippen molar-refractivity contribution in [3.8, 4) is 0 Å². The molecular weight excluding hydrogens is 374 g/mol. The summed E-state index contributed by atoms with van der Waals surface area (Å²) in [4.78, 5) is 23.1. The summed E-state index contributed by atoms with van der Waals surface area (Å²) < 4.78 is 0.993. The van der Waals surface area contributed by atoms with Gasteiger partial charge in [-0.25, -0.2) is 9.97 Å². The summed E-state index contributed by atoms with van der Waals surface area (Å²) in [5, 5.41) is 3.98. The largest absolute Gasteiger partial charge is 0.321 e. The van der Waals surface area contributed by atoms with Crippen LogP contribution in [0.25, 0.3) is 10.2 Å². The highest BCUT2D eigenvalue weighted by Gasteiger charge is 2.19. The molecule has 0 saturated heterocycles. The number of carbonyl (C=O) groups is 1. The Morgan fingerprint density at radius 3 is 2.61 bits per heavy atom. The van der Waals surface area contributed by atoms with Crippen LogP contribution in [0, 0.1) is 27.7 Å². The van der Waals surface area contributed by atoms with Crippen LogP contribution in [0.1, 0.15) is 32.3 Å². The molecule has 0 unspecified atom stereocenters. The number of thiophene rings is 1. The monoisotopic (exact) mass is 389 g/mol. The van der Waals surface area contributed by atoms with Crippen LogP contribution in [0.3, 0.4) is 0 Å². The van der Waals surface area contributed by atoms with Crippen LogP contribution < -0.4 is 5.32 Å². The number of rotatable bonds is 2. The van der Waals surface area contributed by atoms with Gasteiger partial charge in [0.2, 0.25) is 0 Å². The molecule has 3 aromatic rings. The maximum absolute atomic E-state index is 12.7. The van der Waals surface area contributed by atoms with Crippen LogP contribution in [-0.2, 0) is 0 Å². The lowest BCUT2D eigenvalue weighted by molar-refractivity contribution is 0.103. The molecule has 118 valence electrons. The third-order valence-corrected chi connectivity index (χ3v) is 5.40. The van der Waals surface area contributed by atoms with E-state index in [2.05, 4.69) is 31.2 Å². The molecule has 0 fully saturated rings. The Bertz CT molecular complexity index is 933. The van der Waals surface area contributed by atoms with Crippen molar-refractivity contribution < 1.29 is 4.79 Å². The molecule has 23 heavy (non-hydrogen) atoms. The Morgan fingerprint density at radius 2 is 1.91 bits per heavy atom. The van der Waals surface area contributed by atoms with E-state index in [0.717, 1.165) is 43.0 Å². The molecule has 0 aliphatic carbocycles. The maximum atomic E-state index is 12.7. The fourth-order valence-corrected chi connectivity index (χ4v) is 4.29. The standard InChI is InChI=1S/C17H16BrN3OS/c1-8-7-12(18)5-6-13(8)21-16(22)15-9(2)14-10(3)19-11(4)20-17(14)23-15/h5-7H,1-4H3,(H,21,22). The maximum Gasteiger partial charge on any atom is 0.266 e. The van der Waals surface area contributed by atoms with Gasteiger partial charge in [-0.1, -0.05) is 15.9 Å². The van der Waals surface area contributed by atoms with Crippen LogP contribution in [-0.4, -0.2) is 15.9 Å². The van der Waals surface area contributed by atoms with Crippen molar-refractivity contribution in [2.24, 2.45) is 0 Å². The highest BCUT2D eigenvalue weighted by molar-refractivity contribution is 9.10. The molecule has 0 aliphatic rings. The molecule has 3 rings (SSSR count). The first-order valence-corrected chi connectivity index (χ1v) is 8.79. The first kappa shape index (κ1) is 16.1. The number of hydrogen-bond donors (Lipinski definition) is 1. The second-order valence-electron chi connectivity index (χ2n) is 5.51. The van der Waals surface area contributed by atoms with Crippen molar-refractivity contribution in [1.29, 1.82) is 0 Å². The average Bonchev–Trinajstić information content (AvgIpc) is 2.79. The molecular formula is C17H16BrN3OS. The number of hydrogen-bond acceptors (Lipinski definition) is 4. The molecule has 0 bridgehead atoms. The fraction of sp³-hybridized carbons (Fsp3) is 0.235. The molecule has 6 heteroatoms. The molecule has 0 aliphatic heterocycles. The quantitative estimate of drug-likeness (QED) is 0.674. The van der Waals surface area contributed by atoms with Crippen molar-refractivity contribution in [3.63, 3.8) is 0 Å². The van der Waals surface area contributed by atoms with E-state index in [9.17, 15) is 4.79 Å². The van der Waals surface area contributed by atoms with Crippen molar-refractivity contribution in [2.75, 3.05) is 5.32 Å². The number of nitrogens with zero attached hydrogens (tertiary/aromatic N) is 2. The lowest BCUT2D eigenvalue weighted by Gasteiger charge is -2.08. The van der Waals surface area contributed by atoms with Gasteiger partial charge in [0.25, 0.3) is 5.91 Å². The number of amides is 1. The molecule has 0 radical (unpaired) electrons. The second kappa shape index (κ2) is 6.02. The van der Waals surface area contributed by atoms with E-state index in [1.165, 1.54) is 11.3 Å². The highest BCUT2D eigenvalue weighted by atomic mass is 79.9. The summed E-state index contributed by atoms with van der Waals surface area (Å²) in [5.41, 5.74) is 3.68. The summed E-state index contributed by atoms with van der Waals surface area (Å²) in [6, 6.07) is 5.79. The van der Waals surface area contributed by atoms with Crippen LogP contribution in [0.4, 0.5) is 5.69 Å². The molecule has 0 atom stereocenters. The summed E-state index contributed by atoms with van der Waals surface area (Å²) in [6.45, 7) is 7.74. The second-order valence-corrected chi connectivity index (χ2v) is 7.42. The molecule has 0 saturated carbocycles. The molecule has 0 spiro atoms. The van der Waals surface area contributed by atoms with E-state index < -0.39 is 0 Å². The Labute approximate surface area is 147 Å². The van der Waals surface area contributed by atoms with E-state index in [1.54, 1.807) is 0 Å². The number of fused-ring (bicyclic) bond motifs is 1. The SMILES string of the molecule is Cc1nc(C)c2c(C)c(C(=O)Nc3ccc(Br)cc3C)sc2n1. The van der Waals surface area contributed by atoms with E-state index in [0.29, 0.717) is 4.88 Å². The lowest BCUT2D eigenvalue weighted by Crippen LogP contribution is -2.12. The van der Waals surface area contributed by atoms with Gasteiger partial charge in [-0.3, -0.25) is 4.79 Å². The average molecular weight is 390 g/mol. The first-order chi connectivity index (χ1) is 10.9. The highest BCUT2D eigenvalue weighted by Crippen LogP contribution is 2.32. The molecule has 2 heterocycles. The van der Waals surface area contributed by atoms with Gasteiger partial charge in [0.1, 0.15) is 10.7 Å². The van der Waals surface area contributed by atoms with E-state index >= 15 is 0 Å². The fourth-order valence-electron chi connectivity index (χ4n) is 2.64. The molecule has 2 aromatic heterocycles. The summed E-state index contributed by atoms with van der Waals surface area (Å²) in [5.74, 6) is 0.625. The minimum atomic E-state index is -0.104. The Morgan fingerprint density at radius 1 is 1.17 bits per heavy atom. The number of anilines is 1. The van der Waals surface area contributed by atoms with E-state index in [-0.39, 0.29) is 5.91 Å². The van der Waals surface area contributed by atoms with E-state index in [4.69, 9.17) is 0 Å². The Balaban J connectivity index is 2.01. The lowest BCUT2D eigenvalue weighted by atomic mass is 10.1. The van der Waals surface area contributed by atoms with Gasteiger partial charge >= 0.3 is 0 Å². The first-order valence-electron chi connectivity index (χ1n) is 7.18. The zero-order valence-corrected chi connectivity index (χ0v) is 15.7. The van der Waals surface area contributed by atoms with Crippen LogP contribution in [0.2, 0.25) is 0 Å². The predicted molar refractivity (Wildman–Crippen MR) is 98.5 cm³/mol. The normalized spacial score (nSPS) is 11.0. The third kappa shape index (κ3) is 3.01. The predicted octanol–water partition coefficient (Wildman–Crippen LogP) is 4.94. The van der Waals surface area contributed by atoms with Gasteiger partial charge in [-0.15, -0.1) is 11.3 Å². The Kier molecular flexibility index (Phi) is 4.21. The zero-order valence-electron chi connectivity index (χ0n) is 13.3. The third-order valence-electron chi connectivity index (χ3n) is 3.73. The van der Waals surface area contributed by atoms with Gasteiger partial charge in [0.15, 0.2) is 0 Å². The number of carbonyl (C=O) groups excluding carboxylic acids is 1. The Hall–Kier alpha value is -1.79. The summed E-state index contributed by atoms with van der Waals surface area (Å²) in [7, 11) is 0. The topological polar surface area (TPSA) is 54.9 Å². The molecule has 1 N–H and O–H groups in total. The summed E-state index contributed by atoms with van der Waals surface area (Å²) in [6.07, 6.45) is 0. The van der Waals surface area contributed by atoms with Crippen molar-refractivity contribution in [1.82, 2.24) is 9.97 Å². The van der Waals surface area contributed by atoms with Gasteiger partial charge < -0.3 is 5.32 Å². The van der Waals surface area contributed by atoms with E-state index in [1.807, 2.05) is 45.9 Å². The van der Waals surface area contributed by atoms with Crippen LogP contribution in [0.15, 0.2) is 22.7 Å². The van der Waals surface area contributed by atoms with Crippen molar-refractivity contribution in [3.05, 3.63) is 50.2 Å². The molecule has 4 nitrogen and oxygen atoms in total. The minimum absolute atomic E-state index is 0.104. The zero-order chi connectivity index (χ0) is 16.7. The number of nitrogens with one attached hydrogen (secondary N) is 1. The van der Waals surface area contributed by atoms with Gasteiger partial charge in [0, 0.05) is 21.2 Å². The number of benzene rings is 1. The number of aryl methyl sites for hydroxylation is 4. The van der Waals surface area contributed by atoms with Crippen molar-refractivity contribution >= 4 is 49.1 Å². The van der Waals surface area contributed by atoms with Crippen LogP contribution in [0.5, 0.6) is 0 Å². The summed E-state index contributed by atoms with van der Waals surface area (Å²) >= 11 is 4.85. The number of halogens is 1. The molecule has 1 aromatic carbocycles.